The molecule has 0 atom stereocenters. The summed E-state index contributed by atoms with van der Waals surface area (Å²) in [7, 11) is 0. The second-order valence-electron chi connectivity index (χ2n) is 6.56. The largest absolute Gasteiger partial charge is 0.443 e. The number of pyridine rings is 1. The normalized spacial score (nSPS) is 12.2. The molecule has 24 heavy (non-hydrogen) atoms. The van der Waals surface area contributed by atoms with Crippen LogP contribution in [0.4, 0.5) is 0 Å². The molecule has 2 rings (SSSR count). The molecule has 2 heterocycles. The van der Waals surface area contributed by atoms with Crippen molar-refractivity contribution >= 4 is 5.96 Å². The molecule has 6 nitrogen and oxygen atoms in total. The summed E-state index contributed by atoms with van der Waals surface area (Å²) in [5, 5.41) is 6.53. The van der Waals surface area contributed by atoms with Crippen molar-refractivity contribution in [1.82, 2.24) is 20.6 Å². The molecule has 6 heteroatoms. The zero-order valence-corrected chi connectivity index (χ0v) is 15.0. The lowest BCUT2D eigenvalue weighted by atomic mass is 9.94. The van der Waals surface area contributed by atoms with E-state index in [1.807, 2.05) is 31.3 Å². The summed E-state index contributed by atoms with van der Waals surface area (Å²) in [6, 6.07) is 5.94. The smallest absolute Gasteiger partial charge is 0.216 e. The van der Waals surface area contributed by atoms with Gasteiger partial charge in [0.25, 0.3) is 0 Å². The molecule has 0 unspecified atom stereocenters. The molecule has 0 aliphatic heterocycles. The highest BCUT2D eigenvalue weighted by Gasteiger charge is 2.18. The number of aliphatic imine (C=N–C) groups is 1. The maximum atomic E-state index is 5.77. The summed E-state index contributed by atoms with van der Waals surface area (Å²) in [5.74, 6) is 2.26. The molecule has 0 saturated carbocycles. The molecule has 0 aromatic carbocycles. The SMILES string of the molecule is CCNC(=NCc1ncc(C(C)(C)C)o1)NCCc1ccccn1. The molecular weight excluding hydrogens is 302 g/mol. The van der Waals surface area contributed by atoms with E-state index in [0.717, 1.165) is 36.9 Å². The average molecular weight is 329 g/mol. The number of nitrogens with zero attached hydrogens (tertiary/aromatic N) is 3. The van der Waals surface area contributed by atoms with Crippen LogP contribution < -0.4 is 10.6 Å². The highest BCUT2D eigenvalue weighted by Crippen LogP contribution is 2.22. The molecule has 130 valence electrons. The first-order valence-corrected chi connectivity index (χ1v) is 8.36. The fourth-order valence-corrected chi connectivity index (χ4v) is 2.07. The molecule has 0 spiro atoms. The minimum Gasteiger partial charge on any atom is -0.443 e. The number of hydrogen-bond acceptors (Lipinski definition) is 4. The molecule has 2 aromatic rings. The van der Waals surface area contributed by atoms with E-state index in [1.54, 1.807) is 6.20 Å². The van der Waals surface area contributed by atoms with Gasteiger partial charge in [-0.25, -0.2) is 9.98 Å². The van der Waals surface area contributed by atoms with Crippen LogP contribution in [0.5, 0.6) is 0 Å². The van der Waals surface area contributed by atoms with Gasteiger partial charge in [-0.15, -0.1) is 0 Å². The van der Waals surface area contributed by atoms with Gasteiger partial charge in [-0.2, -0.15) is 0 Å². The summed E-state index contributed by atoms with van der Waals surface area (Å²) >= 11 is 0. The van der Waals surface area contributed by atoms with Gasteiger partial charge >= 0.3 is 0 Å². The van der Waals surface area contributed by atoms with Crippen molar-refractivity contribution in [2.45, 2.75) is 46.1 Å². The topological polar surface area (TPSA) is 75.3 Å². The molecule has 0 radical (unpaired) electrons. The zero-order valence-electron chi connectivity index (χ0n) is 15.0. The van der Waals surface area contributed by atoms with Crippen LogP contribution in [-0.4, -0.2) is 29.0 Å². The van der Waals surface area contributed by atoms with E-state index in [-0.39, 0.29) is 5.41 Å². The predicted octanol–water partition coefficient (Wildman–Crippen LogP) is 2.66. The van der Waals surface area contributed by atoms with E-state index in [1.165, 1.54) is 0 Å². The average Bonchev–Trinajstić information content (AvgIpc) is 3.03. The third-order valence-corrected chi connectivity index (χ3v) is 3.41. The number of nitrogens with one attached hydrogen (secondary N) is 2. The Hall–Kier alpha value is -2.37. The van der Waals surface area contributed by atoms with Crippen LogP contribution in [0.15, 0.2) is 40.0 Å². The molecular formula is C18H27N5O. The Morgan fingerprint density at radius 3 is 2.67 bits per heavy atom. The van der Waals surface area contributed by atoms with Crippen molar-refractivity contribution < 1.29 is 4.42 Å². The third kappa shape index (κ3) is 5.68. The first kappa shape index (κ1) is 18.0. The fraction of sp³-hybridized carbons (Fsp3) is 0.500. The number of rotatable bonds is 6. The summed E-state index contributed by atoms with van der Waals surface area (Å²) in [6.45, 7) is 10.3. The van der Waals surface area contributed by atoms with Crippen LogP contribution in [0, 0.1) is 0 Å². The fourth-order valence-electron chi connectivity index (χ4n) is 2.07. The van der Waals surface area contributed by atoms with Crippen molar-refractivity contribution in [1.29, 1.82) is 0 Å². The standard InChI is InChI=1S/C18H27N5O/c1-5-19-17(21-11-9-14-8-6-7-10-20-14)23-13-16-22-12-15(24-16)18(2,3)4/h6-8,10,12H,5,9,11,13H2,1-4H3,(H2,19,21,23). The van der Waals surface area contributed by atoms with Crippen LogP contribution >= 0.6 is 0 Å². The van der Waals surface area contributed by atoms with Crippen LogP contribution in [0.3, 0.4) is 0 Å². The van der Waals surface area contributed by atoms with Gasteiger partial charge in [0.15, 0.2) is 5.96 Å². The van der Waals surface area contributed by atoms with Gasteiger partial charge in [0.05, 0.1) is 6.20 Å². The lowest BCUT2D eigenvalue weighted by Gasteiger charge is -2.13. The van der Waals surface area contributed by atoms with Crippen LogP contribution in [0.25, 0.3) is 0 Å². The van der Waals surface area contributed by atoms with Crippen LogP contribution in [-0.2, 0) is 18.4 Å². The molecule has 0 aliphatic carbocycles. The number of guanidine groups is 1. The third-order valence-electron chi connectivity index (χ3n) is 3.41. The van der Waals surface area contributed by atoms with Crippen molar-refractivity contribution in [3.8, 4) is 0 Å². The van der Waals surface area contributed by atoms with E-state index in [0.29, 0.717) is 12.4 Å². The summed E-state index contributed by atoms with van der Waals surface area (Å²) < 4.78 is 5.77. The summed E-state index contributed by atoms with van der Waals surface area (Å²) in [4.78, 5) is 13.1. The minimum atomic E-state index is -0.0413. The van der Waals surface area contributed by atoms with Crippen LogP contribution in [0.2, 0.25) is 0 Å². The lowest BCUT2D eigenvalue weighted by Crippen LogP contribution is -2.38. The molecule has 2 N–H and O–H groups in total. The number of aromatic nitrogens is 2. The zero-order chi connectivity index (χ0) is 17.4. The first-order valence-electron chi connectivity index (χ1n) is 8.36. The second kappa shape index (κ2) is 8.47. The van der Waals surface area contributed by atoms with E-state index in [4.69, 9.17) is 4.42 Å². The van der Waals surface area contributed by atoms with E-state index in [2.05, 4.69) is 46.4 Å². The van der Waals surface area contributed by atoms with E-state index in [9.17, 15) is 0 Å². The Bertz CT molecular complexity index is 643. The van der Waals surface area contributed by atoms with Gasteiger partial charge in [0.1, 0.15) is 12.3 Å². The van der Waals surface area contributed by atoms with Crippen LogP contribution in [0.1, 0.15) is 45.0 Å². The van der Waals surface area contributed by atoms with Crippen molar-refractivity contribution in [2.75, 3.05) is 13.1 Å². The maximum Gasteiger partial charge on any atom is 0.216 e. The molecule has 2 aromatic heterocycles. The van der Waals surface area contributed by atoms with Crippen molar-refractivity contribution in [3.05, 3.63) is 47.9 Å². The number of oxazole rings is 1. The Balaban J connectivity index is 1.89. The Morgan fingerprint density at radius 1 is 1.21 bits per heavy atom. The first-order chi connectivity index (χ1) is 11.5. The second-order valence-corrected chi connectivity index (χ2v) is 6.56. The van der Waals surface area contributed by atoms with Crippen molar-refractivity contribution in [2.24, 2.45) is 4.99 Å². The Kier molecular flexibility index (Phi) is 6.35. The molecule has 0 fully saturated rings. The monoisotopic (exact) mass is 329 g/mol. The van der Waals surface area contributed by atoms with Gasteiger partial charge < -0.3 is 15.1 Å². The Labute approximate surface area is 143 Å². The number of hydrogen-bond donors (Lipinski definition) is 2. The summed E-state index contributed by atoms with van der Waals surface area (Å²) in [5.41, 5.74) is 1.02. The van der Waals surface area contributed by atoms with E-state index < -0.39 is 0 Å². The summed E-state index contributed by atoms with van der Waals surface area (Å²) in [6.07, 6.45) is 4.44. The van der Waals surface area contributed by atoms with Gasteiger partial charge in [0, 0.05) is 36.8 Å². The maximum absolute atomic E-state index is 5.77. The van der Waals surface area contributed by atoms with Crippen molar-refractivity contribution in [3.63, 3.8) is 0 Å². The van der Waals surface area contributed by atoms with Gasteiger partial charge in [0.2, 0.25) is 5.89 Å². The predicted molar refractivity (Wildman–Crippen MR) is 96.0 cm³/mol. The highest BCUT2D eigenvalue weighted by molar-refractivity contribution is 5.79. The van der Waals surface area contributed by atoms with Gasteiger partial charge in [-0.05, 0) is 19.1 Å². The van der Waals surface area contributed by atoms with E-state index >= 15 is 0 Å². The van der Waals surface area contributed by atoms with Gasteiger partial charge in [-0.1, -0.05) is 26.8 Å². The quantitative estimate of drug-likeness (QED) is 0.629. The molecule has 0 amide bonds. The van der Waals surface area contributed by atoms with Gasteiger partial charge in [-0.3, -0.25) is 4.98 Å². The molecule has 0 bridgehead atoms. The molecule has 0 saturated heterocycles. The Morgan fingerprint density at radius 2 is 2.04 bits per heavy atom. The highest BCUT2D eigenvalue weighted by atomic mass is 16.4. The lowest BCUT2D eigenvalue weighted by molar-refractivity contribution is 0.383. The molecule has 0 aliphatic rings. The minimum absolute atomic E-state index is 0.0413.